The first-order valence-corrected chi connectivity index (χ1v) is 10.4. The van der Waals surface area contributed by atoms with Gasteiger partial charge < -0.3 is 10.1 Å². The average molecular weight is 447 g/mol. The summed E-state index contributed by atoms with van der Waals surface area (Å²) < 4.78 is 6.70. The number of hydrogen-bond acceptors (Lipinski definition) is 3. The predicted molar refractivity (Wildman–Crippen MR) is 115 cm³/mol. The maximum atomic E-state index is 12.7. The number of halogens is 1. The maximum absolute atomic E-state index is 12.7. The zero-order chi connectivity index (χ0) is 19.1. The molecule has 1 fully saturated rings. The molecule has 1 aliphatic carbocycles. The Morgan fingerprint density at radius 3 is 2.63 bits per heavy atom. The molecule has 0 aromatic heterocycles. The van der Waals surface area contributed by atoms with Crippen molar-refractivity contribution in [2.75, 3.05) is 6.61 Å². The van der Waals surface area contributed by atoms with E-state index in [0.717, 1.165) is 23.7 Å². The standard InChI is InChI=1S/C21H23BrN2O2S/c22-16-10-11-19(26-13-12-15-6-2-1-3-7-15)18(14-16)20(25)24-21(27)23-17-8-4-5-9-17/h1-3,6-7,10-11,14,17H,4-5,8-9,12-13H2,(H2,23,24,25,27). The second-order valence-corrected chi connectivity index (χ2v) is 7.96. The van der Waals surface area contributed by atoms with Crippen LogP contribution in [-0.2, 0) is 6.42 Å². The van der Waals surface area contributed by atoms with Gasteiger partial charge in [-0.05, 0) is 48.8 Å². The SMILES string of the molecule is O=C(NC(=S)NC1CCCC1)c1cc(Br)ccc1OCCc1ccccc1. The Balaban J connectivity index is 1.60. The Kier molecular flexibility index (Phi) is 7.24. The number of ether oxygens (including phenoxy) is 1. The van der Waals surface area contributed by atoms with Crippen LogP contribution in [0.15, 0.2) is 53.0 Å². The molecule has 2 aromatic carbocycles. The van der Waals surface area contributed by atoms with Crippen LogP contribution in [0.2, 0.25) is 0 Å². The van der Waals surface area contributed by atoms with Crippen molar-refractivity contribution in [3.05, 3.63) is 64.1 Å². The van der Waals surface area contributed by atoms with Gasteiger partial charge in [-0.25, -0.2) is 0 Å². The van der Waals surface area contributed by atoms with E-state index in [2.05, 4.69) is 38.7 Å². The van der Waals surface area contributed by atoms with Gasteiger partial charge in [0.1, 0.15) is 5.75 Å². The number of hydrogen-bond donors (Lipinski definition) is 2. The molecule has 0 bridgehead atoms. The summed E-state index contributed by atoms with van der Waals surface area (Å²) in [5.74, 6) is 0.289. The molecule has 1 amide bonds. The van der Waals surface area contributed by atoms with Crippen LogP contribution in [0, 0.1) is 0 Å². The molecule has 0 heterocycles. The van der Waals surface area contributed by atoms with Gasteiger partial charge in [0, 0.05) is 16.9 Å². The largest absolute Gasteiger partial charge is 0.492 e. The molecule has 0 radical (unpaired) electrons. The van der Waals surface area contributed by atoms with E-state index < -0.39 is 0 Å². The molecule has 2 aromatic rings. The number of benzene rings is 2. The summed E-state index contributed by atoms with van der Waals surface area (Å²) in [5.41, 5.74) is 1.66. The molecule has 6 heteroatoms. The number of thiocarbonyl (C=S) groups is 1. The Morgan fingerprint density at radius 1 is 1.15 bits per heavy atom. The summed E-state index contributed by atoms with van der Waals surface area (Å²) in [6.45, 7) is 0.497. The third-order valence-corrected chi connectivity index (χ3v) is 5.31. The minimum absolute atomic E-state index is 0.262. The molecule has 0 atom stereocenters. The summed E-state index contributed by atoms with van der Waals surface area (Å²) in [7, 11) is 0. The fourth-order valence-electron chi connectivity index (χ4n) is 3.19. The van der Waals surface area contributed by atoms with Gasteiger partial charge in [-0.2, -0.15) is 0 Å². The zero-order valence-electron chi connectivity index (χ0n) is 15.0. The van der Waals surface area contributed by atoms with E-state index >= 15 is 0 Å². The van der Waals surface area contributed by atoms with Gasteiger partial charge in [-0.3, -0.25) is 10.1 Å². The molecule has 0 saturated heterocycles. The second-order valence-electron chi connectivity index (χ2n) is 6.63. The Morgan fingerprint density at radius 2 is 1.89 bits per heavy atom. The Labute approximate surface area is 173 Å². The molecule has 4 nitrogen and oxygen atoms in total. The highest BCUT2D eigenvalue weighted by Crippen LogP contribution is 2.24. The molecule has 142 valence electrons. The number of rotatable bonds is 6. The van der Waals surface area contributed by atoms with E-state index in [0.29, 0.717) is 29.1 Å². The van der Waals surface area contributed by atoms with Crippen LogP contribution < -0.4 is 15.4 Å². The van der Waals surface area contributed by atoms with Gasteiger partial charge in [-0.15, -0.1) is 0 Å². The van der Waals surface area contributed by atoms with Crippen LogP contribution in [-0.4, -0.2) is 23.7 Å². The molecular weight excluding hydrogens is 424 g/mol. The summed E-state index contributed by atoms with van der Waals surface area (Å²) >= 11 is 8.72. The minimum atomic E-state index is -0.262. The van der Waals surface area contributed by atoms with Crippen LogP contribution >= 0.6 is 28.1 Å². The van der Waals surface area contributed by atoms with E-state index in [-0.39, 0.29) is 5.91 Å². The van der Waals surface area contributed by atoms with E-state index in [9.17, 15) is 4.79 Å². The number of carbonyl (C=O) groups excluding carboxylic acids is 1. The van der Waals surface area contributed by atoms with Crippen molar-refractivity contribution in [1.29, 1.82) is 0 Å². The minimum Gasteiger partial charge on any atom is -0.492 e. The van der Waals surface area contributed by atoms with Crippen molar-refractivity contribution in [3.63, 3.8) is 0 Å². The first kappa shape index (κ1) is 19.8. The molecule has 2 N–H and O–H groups in total. The summed E-state index contributed by atoms with van der Waals surface area (Å²) in [6, 6.07) is 15.9. The molecule has 0 spiro atoms. The smallest absolute Gasteiger partial charge is 0.261 e. The molecule has 1 aliphatic rings. The van der Waals surface area contributed by atoms with Crippen molar-refractivity contribution < 1.29 is 9.53 Å². The normalized spacial score (nSPS) is 14.0. The lowest BCUT2D eigenvalue weighted by atomic mass is 10.1. The third kappa shape index (κ3) is 6.04. The Hall–Kier alpha value is -1.92. The molecule has 27 heavy (non-hydrogen) atoms. The third-order valence-electron chi connectivity index (χ3n) is 4.59. The summed E-state index contributed by atoms with van der Waals surface area (Å²) in [4.78, 5) is 12.7. The Bertz CT molecular complexity index is 792. The van der Waals surface area contributed by atoms with Crippen molar-refractivity contribution in [2.45, 2.75) is 38.1 Å². The van der Waals surface area contributed by atoms with Gasteiger partial charge in [0.25, 0.3) is 5.91 Å². The van der Waals surface area contributed by atoms with E-state index in [1.165, 1.54) is 18.4 Å². The lowest BCUT2D eigenvalue weighted by Crippen LogP contribution is -2.43. The average Bonchev–Trinajstić information content (AvgIpc) is 3.16. The van der Waals surface area contributed by atoms with Crippen LogP contribution in [0.5, 0.6) is 5.75 Å². The highest BCUT2D eigenvalue weighted by molar-refractivity contribution is 9.10. The quantitative estimate of drug-likeness (QED) is 0.635. The monoisotopic (exact) mass is 446 g/mol. The molecule has 0 aliphatic heterocycles. The van der Waals surface area contributed by atoms with E-state index in [1.807, 2.05) is 24.3 Å². The number of amides is 1. The van der Waals surface area contributed by atoms with Crippen LogP contribution in [0.3, 0.4) is 0 Å². The molecule has 3 rings (SSSR count). The van der Waals surface area contributed by atoms with Gasteiger partial charge >= 0.3 is 0 Å². The fourth-order valence-corrected chi connectivity index (χ4v) is 3.81. The van der Waals surface area contributed by atoms with Gasteiger partial charge in [0.05, 0.1) is 12.2 Å². The highest BCUT2D eigenvalue weighted by atomic mass is 79.9. The topological polar surface area (TPSA) is 50.4 Å². The van der Waals surface area contributed by atoms with Crippen LogP contribution in [0.25, 0.3) is 0 Å². The molecule has 1 saturated carbocycles. The molecule has 0 unspecified atom stereocenters. The number of nitrogens with one attached hydrogen (secondary N) is 2. The van der Waals surface area contributed by atoms with Crippen LogP contribution in [0.1, 0.15) is 41.6 Å². The summed E-state index contributed by atoms with van der Waals surface area (Å²) in [6.07, 6.45) is 5.39. The van der Waals surface area contributed by atoms with Gasteiger partial charge in [-0.1, -0.05) is 59.1 Å². The summed E-state index contributed by atoms with van der Waals surface area (Å²) in [5, 5.41) is 6.38. The second kappa shape index (κ2) is 9.85. The first-order chi connectivity index (χ1) is 13.1. The van der Waals surface area contributed by atoms with E-state index in [1.54, 1.807) is 12.1 Å². The zero-order valence-corrected chi connectivity index (χ0v) is 17.4. The van der Waals surface area contributed by atoms with Crippen LogP contribution in [0.4, 0.5) is 0 Å². The highest BCUT2D eigenvalue weighted by Gasteiger charge is 2.18. The fraction of sp³-hybridized carbons (Fsp3) is 0.333. The lowest BCUT2D eigenvalue weighted by Gasteiger charge is -2.16. The van der Waals surface area contributed by atoms with Crippen molar-refractivity contribution in [1.82, 2.24) is 10.6 Å². The van der Waals surface area contributed by atoms with Crippen molar-refractivity contribution in [3.8, 4) is 5.75 Å². The van der Waals surface area contributed by atoms with E-state index in [4.69, 9.17) is 17.0 Å². The lowest BCUT2D eigenvalue weighted by molar-refractivity contribution is 0.0972. The van der Waals surface area contributed by atoms with Crippen molar-refractivity contribution in [2.24, 2.45) is 0 Å². The first-order valence-electron chi connectivity index (χ1n) is 9.20. The number of carbonyl (C=O) groups is 1. The maximum Gasteiger partial charge on any atom is 0.261 e. The molecular formula is C21H23BrN2O2S. The van der Waals surface area contributed by atoms with Gasteiger partial charge in [0.2, 0.25) is 0 Å². The predicted octanol–water partition coefficient (Wildman–Crippen LogP) is 4.62. The van der Waals surface area contributed by atoms with Gasteiger partial charge in [0.15, 0.2) is 5.11 Å². The van der Waals surface area contributed by atoms with Crippen molar-refractivity contribution >= 4 is 39.2 Å².